The Morgan fingerprint density at radius 2 is 2.00 bits per heavy atom. The van der Waals surface area contributed by atoms with E-state index in [-0.39, 0.29) is 11.8 Å². The van der Waals surface area contributed by atoms with Crippen molar-refractivity contribution < 1.29 is 14.7 Å². The Morgan fingerprint density at radius 1 is 1.40 bits per heavy atom. The Kier molecular flexibility index (Phi) is 3.37. The van der Waals surface area contributed by atoms with E-state index < -0.39 is 11.4 Å². The third kappa shape index (κ3) is 2.13. The van der Waals surface area contributed by atoms with Crippen molar-refractivity contribution in [1.29, 1.82) is 0 Å². The summed E-state index contributed by atoms with van der Waals surface area (Å²) in [4.78, 5) is 24.3. The highest BCUT2D eigenvalue weighted by atomic mass is 16.4. The largest absolute Gasteiger partial charge is 0.481 e. The van der Waals surface area contributed by atoms with Crippen LogP contribution in [0.25, 0.3) is 0 Å². The Morgan fingerprint density at radius 3 is 2.40 bits per heavy atom. The van der Waals surface area contributed by atoms with Gasteiger partial charge in [-0.2, -0.15) is 0 Å². The highest BCUT2D eigenvalue weighted by Crippen LogP contribution is 2.37. The first-order chi connectivity index (χ1) is 6.90. The van der Waals surface area contributed by atoms with Crippen LogP contribution in [0, 0.1) is 11.3 Å². The van der Waals surface area contributed by atoms with E-state index in [0.717, 1.165) is 6.42 Å². The first-order valence-electron chi connectivity index (χ1n) is 5.39. The maximum Gasteiger partial charge on any atom is 0.311 e. The predicted octanol–water partition coefficient (Wildman–Crippen LogP) is 1.36. The molecule has 0 spiro atoms. The Balaban J connectivity index is 2.90. The molecule has 1 amide bonds. The van der Waals surface area contributed by atoms with Crippen LogP contribution in [0.15, 0.2) is 0 Å². The predicted molar refractivity (Wildman–Crippen MR) is 56.4 cm³/mol. The van der Waals surface area contributed by atoms with E-state index in [9.17, 15) is 14.7 Å². The van der Waals surface area contributed by atoms with Crippen molar-refractivity contribution in [1.82, 2.24) is 4.90 Å². The summed E-state index contributed by atoms with van der Waals surface area (Å²) in [5.41, 5.74) is -0.746. The highest BCUT2D eigenvalue weighted by molar-refractivity contribution is 5.78. The van der Waals surface area contributed by atoms with Gasteiger partial charge in [-0.25, -0.2) is 0 Å². The van der Waals surface area contributed by atoms with Crippen LogP contribution in [0.3, 0.4) is 0 Å². The molecular formula is C11H19NO3. The number of piperidine rings is 1. The summed E-state index contributed by atoms with van der Waals surface area (Å²) in [6.45, 7) is 6.38. The van der Waals surface area contributed by atoms with E-state index in [1.165, 1.54) is 6.92 Å². The quantitative estimate of drug-likeness (QED) is 0.753. The normalized spacial score (nSPS) is 26.8. The third-order valence-corrected chi connectivity index (χ3v) is 3.50. The number of rotatable bonds is 2. The molecule has 1 saturated heterocycles. The lowest BCUT2D eigenvalue weighted by atomic mass is 9.71. The molecule has 0 bridgehead atoms. The first kappa shape index (κ1) is 12.0. The van der Waals surface area contributed by atoms with Crippen molar-refractivity contribution >= 4 is 11.9 Å². The summed E-state index contributed by atoms with van der Waals surface area (Å²) in [6.07, 6.45) is 1.45. The number of carbonyl (C=O) groups is 2. The van der Waals surface area contributed by atoms with Crippen LogP contribution >= 0.6 is 0 Å². The van der Waals surface area contributed by atoms with E-state index in [1.54, 1.807) is 4.90 Å². The first-order valence-corrected chi connectivity index (χ1v) is 5.39. The van der Waals surface area contributed by atoms with Gasteiger partial charge in [-0.05, 0) is 18.8 Å². The maximum absolute atomic E-state index is 11.3. The number of nitrogens with zero attached hydrogens (tertiary/aromatic N) is 1. The summed E-state index contributed by atoms with van der Waals surface area (Å²) in [7, 11) is 0. The molecule has 0 aromatic rings. The van der Waals surface area contributed by atoms with Crippen molar-refractivity contribution in [3.05, 3.63) is 0 Å². The molecule has 1 heterocycles. The van der Waals surface area contributed by atoms with E-state index in [2.05, 4.69) is 0 Å². The van der Waals surface area contributed by atoms with Gasteiger partial charge in [-0.15, -0.1) is 0 Å². The zero-order valence-electron chi connectivity index (χ0n) is 9.62. The second-order valence-corrected chi connectivity index (χ2v) is 4.66. The molecule has 1 fully saturated rings. The molecule has 4 heteroatoms. The number of likely N-dealkylation sites (tertiary alicyclic amines) is 1. The number of carbonyl (C=O) groups excluding carboxylic acids is 1. The van der Waals surface area contributed by atoms with Crippen LogP contribution in [0.1, 0.15) is 33.6 Å². The number of carboxylic acid groups (broad SMARTS) is 1. The van der Waals surface area contributed by atoms with Crippen LogP contribution in [0.5, 0.6) is 0 Å². The van der Waals surface area contributed by atoms with Crippen molar-refractivity contribution in [3.8, 4) is 0 Å². The van der Waals surface area contributed by atoms with Crippen LogP contribution < -0.4 is 0 Å². The van der Waals surface area contributed by atoms with Gasteiger partial charge in [-0.1, -0.05) is 13.8 Å². The van der Waals surface area contributed by atoms with Gasteiger partial charge in [0.05, 0.1) is 5.41 Å². The lowest BCUT2D eigenvalue weighted by Gasteiger charge is -2.42. The summed E-state index contributed by atoms with van der Waals surface area (Å²) >= 11 is 0. The SMILES string of the molecule is CC(=O)N1CCCC(C(=O)O)(C(C)C)C1. The monoisotopic (exact) mass is 213 g/mol. The molecule has 1 N–H and O–H groups in total. The molecule has 1 atom stereocenters. The van der Waals surface area contributed by atoms with Crippen molar-refractivity contribution in [2.45, 2.75) is 33.6 Å². The van der Waals surface area contributed by atoms with E-state index in [4.69, 9.17) is 0 Å². The molecule has 0 aromatic heterocycles. The average Bonchev–Trinajstić information content (AvgIpc) is 2.17. The molecule has 1 aliphatic rings. The van der Waals surface area contributed by atoms with Gasteiger partial charge in [0.15, 0.2) is 0 Å². The topological polar surface area (TPSA) is 57.6 Å². The number of hydrogen-bond donors (Lipinski definition) is 1. The van der Waals surface area contributed by atoms with Gasteiger partial charge < -0.3 is 10.0 Å². The third-order valence-electron chi connectivity index (χ3n) is 3.50. The van der Waals surface area contributed by atoms with Gasteiger partial charge >= 0.3 is 5.97 Å². The van der Waals surface area contributed by atoms with Crippen molar-refractivity contribution in [3.63, 3.8) is 0 Å². The maximum atomic E-state index is 11.3. The standard InChI is InChI=1S/C11H19NO3/c1-8(2)11(10(14)15)5-4-6-12(7-11)9(3)13/h8H,4-7H2,1-3H3,(H,14,15). The van der Waals surface area contributed by atoms with Crippen molar-refractivity contribution in [2.24, 2.45) is 11.3 Å². The summed E-state index contributed by atoms with van der Waals surface area (Å²) < 4.78 is 0. The van der Waals surface area contributed by atoms with Gasteiger partial charge in [0.1, 0.15) is 0 Å². The molecule has 0 saturated carbocycles. The minimum absolute atomic E-state index is 0.0269. The molecule has 1 rings (SSSR count). The zero-order valence-corrected chi connectivity index (χ0v) is 9.62. The minimum atomic E-state index is -0.775. The molecule has 0 aromatic carbocycles. The number of carboxylic acids is 1. The lowest BCUT2D eigenvalue weighted by Crippen LogP contribution is -2.52. The lowest BCUT2D eigenvalue weighted by molar-refractivity contribution is -0.158. The zero-order chi connectivity index (χ0) is 11.6. The van der Waals surface area contributed by atoms with Gasteiger partial charge in [0, 0.05) is 20.0 Å². The smallest absolute Gasteiger partial charge is 0.311 e. The van der Waals surface area contributed by atoms with Crippen LogP contribution in [0.2, 0.25) is 0 Å². The van der Waals surface area contributed by atoms with Crippen LogP contribution in [-0.2, 0) is 9.59 Å². The van der Waals surface area contributed by atoms with Crippen molar-refractivity contribution in [2.75, 3.05) is 13.1 Å². The van der Waals surface area contributed by atoms with Crippen LogP contribution in [0.4, 0.5) is 0 Å². The second kappa shape index (κ2) is 4.21. The van der Waals surface area contributed by atoms with E-state index in [1.807, 2.05) is 13.8 Å². The molecule has 1 unspecified atom stereocenters. The fourth-order valence-electron chi connectivity index (χ4n) is 2.25. The summed E-state index contributed by atoms with van der Waals surface area (Å²) in [6, 6.07) is 0. The molecule has 86 valence electrons. The Hall–Kier alpha value is -1.06. The van der Waals surface area contributed by atoms with Crippen LogP contribution in [-0.4, -0.2) is 35.0 Å². The molecule has 0 radical (unpaired) electrons. The van der Waals surface area contributed by atoms with Gasteiger partial charge in [0.25, 0.3) is 0 Å². The molecule has 4 nitrogen and oxygen atoms in total. The highest BCUT2D eigenvalue weighted by Gasteiger charge is 2.45. The fraction of sp³-hybridized carbons (Fsp3) is 0.818. The fourth-order valence-corrected chi connectivity index (χ4v) is 2.25. The number of hydrogen-bond acceptors (Lipinski definition) is 2. The number of amides is 1. The second-order valence-electron chi connectivity index (χ2n) is 4.66. The minimum Gasteiger partial charge on any atom is -0.481 e. The molecular weight excluding hydrogens is 194 g/mol. The van der Waals surface area contributed by atoms with Gasteiger partial charge in [0.2, 0.25) is 5.91 Å². The Labute approximate surface area is 90.3 Å². The van der Waals surface area contributed by atoms with E-state index in [0.29, 0.717) is 19.5 Å². The summed E-state index contributed by atoms with van der Waals surface area (Å²) in [5, 5.41) is 9.32. The summed E-state index contributed by atoms with van der Waals surface area (Å²) in [5.74, 6) is -0.749. The van der Waals surface area contributed by atoms with Gasteiger partial charge in [-0.3, -0.25) is 9.59 Å². The average molecular weight is 213 g/mol. The van der Waals surface area contributed by atoms with E-state index >= 15 is 0 Å². The molecule has 15 heavy (non-hydrogen) atoms. The molecule has 1 aliphatic heterocycles. The Bertz CT molecular complexity index is 275. The number of aliphatic carboxylic acids is 1. The molecule has 0 aliphatic carbocycles.